The van der Waals surface area contributed by atoms with Gasteiger partial charge in [-0.25, -0.2) is 4.39 Å². The third-order valence-electron chi connectivity index (χ3n) is 4.12. The SMILES string of the molecule is C=CCCC(O)CN1CCCN(C(=O)c2cccc(F)c2)CC1. The van der Waals surface area contributed by atoms with Gasteiger partial charge in [0.25, 0.3) is 5.91 Å². The van der Waals surface area contributed by atoms with Crippen molar-refractivity contribution in [2.75, 3.05) is 32.7 Å². The van der Waals surface area contributed by atoms with E-state index in [1.807, 2.05) is 6.08 Å². The minimum Gasteiger partial charge on any atom is -0.392 e. The fourth-order valence-electron chi connectivity index (χ4n) is 2.86. The maximum absolute atomic E-state index is 13.3. The van der Waals surface area contributed by atoms with Gasteiger partial charge >= 0.3 is 0 Å². The Bertz CT molecular complexity index is 536. The molecule has 1 aromatic rings. The van der Waals surface area contributed by atoms with Crippen molar-refractivity contribution in [1.82, 2.24) is 9.80 Å². The maximum Gasteiger partial charge on any atom is 0.254 e. The van der Waals surface area contributed by atoms with Crippen LogP contribution in [0.1, 0.15) is 29.6 Å². The predicted molar refractivity (Wildman–Crippen MR) is 88.8 cm³/mol. The van der Waals surface area contributed by atoms with Crippen molar-refractivity contribution in [2.45, 2.75) is 25.4 Å². The molecule has 0 aromatic heterocycles. The number of benzene rings is 1. The fraction of sp³-hybridized carbons (Fsp3) is 0.500. The highest BCUT2D eigenvalue weighted by Crippen LogP contribution is 2.11. The van der Waals surface area contributed by atoms with Crippen molar-refractivity contribution in [3.63, 3.8) is 0 Å². The quantitative estimate of drug-likeness (QED) is 0.818. The van der Waals surface area contributed by atoms with Crippen LogP contribution in [0.25, 0.3) is 0 Å². The van der Waals surface area contributed by atoms with Crippen molar-refractivity contribution < 1.29 is 14.3 Å². The van der Waals surface area contributed by atoms with Gasteiger partial charge in [0.1, 0.15) is 5.82 Å². The molecule has 1 fully saturated rings. The van der Waals surface area contributed by atoms with Gasteiger partial charge in [0.05, 0.1) is 6.10 Å². The maximum atomic E-state index is 13.3. The van der Waals surface area contributed by atoms with Crippen LogP contribution in [0.2, 0.25) is 0 Å². The highest BCUT2D eigenvalue weighted by Gasteiger charge is 2.21. The molecule has 1 atom stereocenters. The van der Waals surface area contributed by atoms with E-state index in [0.717, 1.165) is 25.9 Å². The van der Waals surface area contributed by atoms with Gasteiger partial charge in [-0.2, -0.15) is 0 Å². The van der Waals surface area contributed by atoms with Crippen LogP contribution in [0.5, 0.6) is 0 Å². The molecule has 5 heteroatoms. The molecule has 0 bridgehead atoms. The molecule has 1 aromatic carbocycles. The molecule has 4 nitrogen and oxygen atoms in total. The number of halogens is 1. The van der Waals surface area contributed by atoms with Gasteiger partial charge in [0, 0.05) is 31.7 Å². The third-order valence-corrected chi connectivity index (χ3v) is 4.12. The zero-order valence-corrected chi connectivity index (χ0v) is 13.5. The van der Waals surface area contributed by atoms with Crippen LogP contribution in [-0.2, 0) is 0 Å². The minimum atomic E-state index is -0.391. The van der Waals surface area contributed by atoms with Gasteiger partial charge in [-0.1, -0.05) is 12.1 Å². The zero-order chi connectivity index (χ0) is 16.7. The predicted octanol–water partition coefficient (Wildman–Crippen LogP) is 2.30. The first kappa shape index (κ1) is 17.6. The average Bonchev–Trinajstić information content (AvgIpc) is 2.78. The Labute approximate surface area is 137 Å². The summed E-state index contributed by atoms with van der Waals surface area (Å²) in [5.41, 5.74) is 0.393. The number of aliphatic hydroxyl groups excluding tert-OH is 1. The second kappa shape index (κ2) is 8.79. The normalized spacial score (nSPS) is 17.6. The lowest BCUT2D eigenvalue weighted by Gasteiger charge is -2.24. The first-order chi connectivity index (χ1) is 11.1. The molecule has 1 unspecified atom stereocenters. The standard InChI is InChI=1S/C18H25FN2O2/c1-2-3-8-17(22)14-20-9-5-10-21(12-11-20)18(23)15-6-4-7-16(19)13-15/h2,4,6-7,13,17,22H,1,3,5,8-12,14H2. The van der Waals surface area contributed by atoms with Crippen molar-refractivity contribution >= 4 is 5.91 Å². The summed E-state index contributed by atoms with van der Waals surface area (Å²) >= 11 is 0. The van der Waals surface area contributed by atoms with Crippen molar-refractivity contribution in [3.8, 4) is 0 Å². The van der Waals surface area contributed by atoms with Crippen LogP contribution in [0.3, 0.4) is 0 Å². The largest absolute Gasteiger partial charge is 0.392 e. The smallest absolute Gasteiger partial charge is 0.254 e. The molecule has 126 valence electrons. The summed E-state index contributed by atoms with van der Waals surface area (Å²) in [4.78, 5) is 16.4. The number of β-amino-alcohol motifs (C(OH)–C–C–N with tert-alkyl or cyclic N) is 1. The first-order valence-corrected chi connectivity index (χ1v) is 8.16. The Balaban J connectivity index is 1.88. The average molecular weight is 320 g/mol. The molecular weight excluding hydrogens is 295 g/mol. The molecule has 1 amide bonds. The summed E-state index contributed by atoms with van der Waals surface area (Å²) in [7, 11) is 0. The summed E-state index contributed by atoms with van der Waals surface area (Å²) in [6.07, 6.45) is 3.82. The van der Waals surface area contributed by atoms with Crippen LogP contribution in [-0.4, -0.2) is 59.6 Å². The van der Waals surface area contributed by atoms with E-state index >= 15 is 0 Å². The number of carbonyl (C=O) groups excluding carboxylic acids is 1. The third kappa shape index (κ3) is 5.44. The van der Waals surface area contributed by atoms with E-state index in [4.69, 9.17) is 0 Å². The van der Waals surface area contributed by atoms with E-state index in [1.54, 1.807) is 17.0 Å². The monoisotopic (exact) mass is 320 g/mol. The Morgan fingerprint density at radius 1 is 1.35 bits per heavy atom. The molecule has 1 aliphatic rings. The van der Waals surface area contributed by atoms with E-state index in [1.165, 1.54) is 12.1 Å². The van der Waals surface area contributed by atoms with Crippen LogP contribution < -0.4 is 0 Å². The number of hydrogen-bond donors (Lipinski definition) is 1. The van der Waals surface area contributed by atoms with Gasteiger partial charge in [0.15, 0.2) is 0 Å². The molecule has 1 heterocycles. The molecular formula is C18H25FN2O2. The molecule has 0 radical (unpaired) electrons. The topological polar surface area (TPSA) is 43.8 Å². The lowest BCUT2D eigenvalue weighted by Crippen LogP contribution is -2.37. The summed E-state index contributed by atoms with van der Waals surface area (Å²) in [5, 5.41) is 10.00. The highest BCUT2D eigenvalue weighted by atomic mass is 19.1. The Kier molecular flexibility index (Phi) is 6.74. The van der Waals surface area contributed by atoms with Crippen LogP contribution in [0.15, 0.2) is 36.9 Å². The van der Waals surface area contributed by atoms with Gasteiger partial charge < -0.3 is 10.0 Å². The summed E-state index contributed by atoms with van der Waals surface area (Å²) < 4.78 is 13.3. The summed E-state index contributed by atoms with van der Waals surface area (Å²) in [6.45, 7) is 7.13. The van der Waals surface area contributed by atoms with Crippen LogP contribution in [0, 0.1) is 5.82 Å². The minimum absolute atomic E-state index is 0.126. The Morgan fingerprint density at radius 3 is 2.91 bits per heavy atom. The van der Waals surface area contributed by atoms with Gasteiger partial charge in [-0.15, -0.1) is 6.58 Å². The molecule has 1 aliphatic heterocycles. The van der Waals surface area contributed by atoms with Crippen molar-refractivity contribution in [2.24, 2.45) is 0 Å². The number of amides is 1. The second-order valence-corrected chi connectivity index (χ2v) is 5.98. The van der Waals surface area contributed by atoms with Crippen molar-refractivity contribution in [3.05, 3.63) is 48.3 Å². The lowest BCUT2D eigenvalue weighted by molar-refractivity contribution is 0.0752. The molecule has 0 spiro atoms. The first-order valence-electron chi connectivity index (χ1n) is 8.16. The second-order valence-electron chi connectivity index (χ2n) is 5.98. The van der Waals surface area contributed by atoms with E-state index < -0.39 is 5.82 Å². The lowest BCUT2D eigenvalue weighted by atomic mass is 10.2. The van der Waals surface area contributed by atoms with Crippen molar-refractivity contribution in [1.29, 1.82) is 0 Å². The summed E-state index contributed by atoms with van der Waals surface area (Å²) in [5.74, 6) is -0.517. The van der Waals surface area contributed by atoms with Gasteiger partial charge in [-0.05, 0) is 44.0 Å². The molecule has 1 saturated heterocycles. The van der Waals surface area contributed by atoms with E-state index in [9.17, 15) is 14.3 Å². The molecule has 2 rings (SSSR count). The summed E-state index contributed by atoms with van der Waals surface area (Å²) in [6, 6.07) is 5.82. The van der Waals surface area contributed by atoms with E-state index in [-0.39, 0.29) is 12.0 Å². The zero-order valence-electron chi connectivity index (χ0n) is 13.5. The number of aliphatic hydroxyl groups is 1. The Morgan fingerprint density at radius 2 is 2.17 bits per heavy atom. The van der Waals surface area contributed by atoms with Gasteiger partial charge in [-0.3, -0.25) is 9.69 Å². The Hall–Kier alpha value is -1.72. The number of carbonyl (C=O) groups is 1. The van der Waals surface area contributed by atoms with E-state index in [2.05, 4.69) is 11.5 Å². The number of allylic oxidation sites excluding steroid dienone is 1. The van der Waals surface area contributed by atoms with Gasteiger partial charge in [0.2, 0.25) is 0 Å². The molecule has 0 saturated carbocycles. The molecule has 23 heavy (non-hydrogen) atoms. The molecule has 1 N–H and O–H groups in total. The van der Waals surface area contributed by atoms with Crippen LogP contribution >= 0.6 is 0 Å². The number of hydrogen-bond acceptors (Lipinski definition) is 3. The highest BCUT2D eigenvalue weighted by molar-refractivity contribution is 5.94. The van der Waals surface area contributed by atoms with Crippen LogP contribution in [0.4, 0.5) is 4.39 Å². The fourth-order valence-corrected chi connectivity index (χ4v) is 2.86. The van der Waals surface area contributed by atoms with E-state index in [0.29, 0.717) is 31.6 Å². The number of rotatable bonds is 6. The molecule has 0 aliphatic carbocycles. The number of nitrogens with zero attached hydrogens (tertiary/aromatic N) is 2.